The fourth-order valence-corrected chi connectivity index (χ4v) is 4.51. The van der Waals surface area contributed by atoms with E-state index in [-0.39, 0.29) is 13.0 Å². The summed E-state index contributed by atoms with van der Waals surface area (Å²) < 4.78 is 25.9. The molecule has 0 amide bonds. The predicted octanol–water partition coefficient (Wildman–Crippen LogP) is 6.86. The summed E-state index contributed by atoms with van der Waals surface area (Å²) >= 11 is 0. The van der Waals surface area contributed by atoms with Crippen LogP contribution in [0.25, 0.3) is 0 Å². The Hall–Kier alpha value is -3.13. The first kappa shape index (κ1) is 32.1. The maximum absolute atomic E-state index is 13.0. The summed E-state index contributed by atoms with van der Waals surface area (Å²) in [4.78, 5) is 22.9. The molecule has 8 heteroatoms. The molecule has 0 bridgehead atoms. The van der Waals surface area contributed by atoms with Gasteiger partial charge in [0.1, 0.15) is 5.82 Å². The minimum absolute atomic E-state index is 0.231. The van der Waals surface area contributed by atoms with Gasteiger partial charge in [0, 0.05) is 44.0 Å². The summed E-state index contributed by atoms with van der Waals surface area (Å²) in [5.41, 5.74) is 4.44. The topological polar surface area (TPSA) is 77.8 Å². The van der Waals surface area contributed by atoms with Gasteiger partial charge in [-0.15, -0.1) is 6.58 Å². The molecule has 1 aliphatic heterocycles. The molecule has 2 heterocycles. The number of anilines is 1. The van der Waals surface area contributed by atoms with Crippen LogP contribution in [0.15, 0.2) is 65.9 Å². The van der Waals surface area contributed by atoms with Crippen molar-refractivity contribution in [1.29, 1.82) is 0 Å². The molecular formula is C31H44F2N4O2. The van der Waals surface area contributed by atoms with Crippen LogP contribution in [0.4, 0.5) is 14.6 Å². The number of carboxylic acid groups (broad SMARTS) is 1. The zero-order valence-electron chi connectivity index (χ0n) is 23.3. The lowest BCUT2D eigenvalue weighted by molar-refractivity contribution is -0.140. The third-order valence-electron chi connectivity index (χ3n) is 6.94. The van der Waals surface area contributed by atoms with E-state index in [1.807, 2.05) is 11.8 Å². The standard InChI is InChI=1S/C31H44F2N4O2/c1-5-6-16-34-22-25(4)23(2)21-24(3)28(31(38)39)14-19-37(20-15-29(32)33)18-8-7-11-27-13-12-26-10-9-17-35-30(26)36-27/h5,12-13,16,22,28-29H,1-3,6-11,14-15,17-21H2,4H3,(H,35,36)(H,38,39)/b25-22-,34-16?/t28-/m1/s1. The maximum atomic E-state index is 13.0. The summed E-state index contributed by atoms with van der Waals surface area (Å²) in [6.07, 6.45) is 8.55. The Kier molecular flexibility index (Phi) is 14.4. The number of carboxylic acids is 1. The number of allylic oxidation sites excluding steroid dienone is 3. The normalized spacial score (nSPS) is 14.3. The van der Waals surface area contributed by atoms with E-state index in [1.54, 1.807) is 18.5 Å². The number of halogens is 2. The van der Waals surface area contributed by atoms with Crippen molar-refractivity contribution in [2.24, 2.45) is 10.9 Å². The summed E-state index contributed by atoms with van der Waals surface area (Å²) in [5.74, 6) is -0.759. The van der Waals surface area contributed by atoms with E-state index < -0.39 is 18.3 Å². The van der Waals surface area contributed by atoms with Crippen molar-refractivity contribution in [2.75, 3.05) is 31.5 Å². The van der Waals surface area contributed by atoms with Crippen LogP contribution in [-0.4, -0.2) is 59.8 Å². The Labute approximate surface area is 232 Å². The van der Waals surface area contributed by atoms with Crippen LogP contribution in [0.3, 0.4) is 0 Å². The van der Waals surface area contributed by atoms with Crippen molar-refractivity contribution in [3.8, 4) is 0 Å². The van der Waals surface area contributed by atoms with Crippen molar-refractivity contribution in [3.05, 3.63) is 72.1 Å². The molecule has 0 aromatic carbocycles. The van der Waals surface area contributed by atoms with E-state index in [9.17, 15) is 18.7 Å². The van der Waals surface area contributed by atoms with E-state index >= 15 is 0 Å². The lowest BCUT2D eigenvalue weighted by Gasteiger charge is -2.25. The highest BCUT2D eigenvalue weighted by Gasteiger charge is 2.23. The number of hydrogen-bond acceptors (Lipinski definition) is 5. The average Bonchev–Trinajstić information content (AvgIpc) is 2.91. The van der Waals surface area contributed by atoms with Gasteiger partial charge in [0.15, 0.2) is 0 Å². The Balaban J connectivity index is 1.89. The summed E-state index contributed by atoms with van der Waals surface area (Å²) in [6, 6.07) is 4.21. The molecule has 6 nitrogen and oxygen atoms in total. The molecule has 1 aliphatic rings. The number of aryl methyl sites for hydroxylation is 2. The minimum Gasteiger partial charge on any atom is -0.481 e. The highest BCUT2D eigenvalue weighted by atomic mass is 19.3. The predicted molar refractivity (Wildman–Crippen MR) is 157 cm³/mol. The lowest BCUT2D eigenvalue weighted by atomic mass is 9.90. The van der Waals surface area contributed by atoms with E-state index in [1.165, 1.54) is 5.56 Å². The number of fused-ring (bicyclic) bond motifs is 1. The minimum atomic E-state index is -2.39. The number of rotatable bonds is 19. The smallest absolute Gasteiger partial charge is 0.310 e. The highest BCUT2D eigenvalue weighted by Crippen LogP contribution is 2.25. The van der Waals surface area contributed by atoms with Crippen LogP contribution < -0.4 is 5.32 Å². The Morgan fingerprint density at radius 2 is 2.00 bits per heavy atom. The van der Waals surface area contributed by atoms with Gasteiger partial charge in [0.05, 0.1) is 5.92 Å². The van der Waals surface area contributed by atoms with Crippen LogP contribution in [0, 0.1) is 5.92 Å². The van der Waals surface area contributed by atoms with Gasteiger partial charge < -0.3 is 15.3 Å². The first-order valence-electron chi connectivity index (χ1n) is 13.8. The van der Waals surface area contributed by atoms with Crippen LogP contribution in [-0.2, 0) is 17.6 Å². The van der Waals surface area contributed by atoms with Gasteiger partial charge in [0.25, 0.3) is 0 Å². The molecule has 0 aliphatic carbocycles. The average molecular weight is 543 g/mol. The number of nitrogens with one attached hydrogen (secondary N) is 1. The number of hydrogen-bond donors (Lipinski definition) is 2. The second-order valence-corrected chi connectivity index (χ2v) is 10.1. The van der Waals surface area contributed by atoms with E-state index in [2.05, 4.69) is 42.2 Å². The SMILES string of the molecule is C=CCC=N/C=C(/C)C(=C)CC(=C)[C@@H](CCN(CCCCc1ccc2c(n1)NCCC2)CCC(F)F)C(=O)O. The van der Waals surface area contributed by atoms with Crippen molar-refractivity contribution >= 4 is 18.0 Å². The molecule has 0 saturated carbocycles. The van der Waals surface area contributed by atoms with Crippen LogP contribution in [0.2, 0.25) is 0 Å². The van der Waals surface area contributed by atoms with Gasteiger partial charge in [-0.3, -0.25) is 9.79 Å². The number of nitrogens with zero attached hydrogens (tertiary/aromatic N) is 3. The fraction of sp³-hybridized carbons (Fsp3) is 0.516. The molecule has 214 valence electrons. The fourth-order valence-electron chi connectivity index (χ4n) is 4.51. The Bertz CT molecular complexity index is 1040. The molecule has 2 rings (SSSR count). The van der Waals surface area contributed by atoms with Gasteiger partial charge in [-0.2, -0.15) is 0 Å². The Morgan fingerprint density at radius 3 is 2.72 bits per heavy atom. The van der Waals surface area contributed by atoms with E-state index in [0.717, 1.165) is 61.3 Å². The second-order valence-electron chi connectivity index (χ2n) is 10.1. The Morgan fingerprint density at radius 1 is 1.23 bits per heavy atom. The number of aromatic nitrogens is 1. The number of aliphatic imine (C=N–C) groups is 1. The monoisotopic (exact) mass is 542 g/mol. The molecule has 0 saturated heterocycles. The number of alkyl halides is 2. The first-order valence-corrected chi connectivity index (χ1v) is 13.8. The molecule has 0 fully saturated rings. The van der Waals surface area contributed by atoms with Gasteiger partial charge in [-0.25, -0.2) is 13.8 Å². The molecule has 1 atom stereocenters. The van der Waals surface area contributed by atoms with Crippen LogP contribution >= 0.6 is 0 Å². The zero-order valence-corrected chi connectivity index (χ0v) is 23.3. The first-order chi connectivity index (χ1) is 18.7. The zero-order chi connectivity index (χ0) is 28.6. The van der Waals surface area contributed by atoms with E-state index in [4.69, 9.17) is 4.98 Å². The van der Waals surface area contributed by atoms with Crippen LogP contribution in [0.1, 0.15) is 63.1 Å². The largest absolute Gasteiger partial charge is 0.481 e. The molecular weight excluding hydrogens is 498 g/mol. The van der Waals surface area contributed by atoms with Crippen molar-refractivity contribution < 1.29 is 18.7 Å². The molecule has 2 N–H and O–H groups in total. The number of aliphatic carboxylic acids is 1. The third-order valence-corrected chi connectivity index (χ3v) is 6.94. The summed E-state index contributed by atoms with van der Waals surface area (Å²) in [7, 11) is 0. The lowest BCUT2D eigenvalue weighted by Crippen LogP contribution is -2.31. The molecule has 0 spiro atoms. The van der Waals surface area contributed by atoms with E-state index in [0.29, 0.717) is 37.9 Å². The molecule has 0 unspecified atom stereocenters. The summed E-state index contributed by atoms with van der Waals surface area (Å²) in [6.45, 7) is 15.8. The van der Waals surface area contributed by atoms with Crippen molar-refractivity contribution in [1.82, 2.24) is 9.88 Å². The molecule has 1 aromatic heterocycles. The van der Waals surface area contributed by atoms with Gasteiger partial charge >= 0.3 is 5.97 Å². The number of unbranched alkanes of at least 4 members (excludes halogenated alkanes) is 1. The van der Waals surface area contributed by atoms with Crippen molar-refractivity contribution in [2.45, 2.75) is 71.1 Å². The number of carbonyl (C=O) groups is 1. The number of pyridine rings is 1. The molecule has 39 heavy (non-hydrogen) atoms. The van der Waals surface area contributed by atoms with Gasteiger partial charge in [-0.05, 0) is 87.7 Å². The molecule has 0 radical (unpaired) electrons. The van der Waals surface area contributed by atoms with Crippen LogP contribution in [0.5, 0.6) is 0 Å². The van der Waals surface area contributed by atoms with Gasteiger partial charge in [-0.1, -0.05) is 30.9 Å². The molecule has 1 aromatic rings. The second kappa shape index (κ2) is 17.5. The van der Waals surface area contributed by atoms with Gasteiger partial charge in [0.2, 0.25) is 6.43 Å². The third kappa shape index (κ3) is 12.1. The quantitative estimate of drug-likeness (QED) is 0.0864. The highest BCUT2D eigenvalue weighted by molar-refractivity contribution is 5.73. The summed E-state index contributed by atoms with van der Waals surface area (Å²) in [5, 5.41) is 13.2. The maximum Gasteiger partial charge on any atom is 0.310 e. The van der Waals surface area contributed by atoms with Crippen molar-refractivity contribution in [3.63, 3.8) is 0 Å².